The van der Waals surface area contributed by atoms with E-state index in [1.54, 1.807) is 11.8 Å². The minimum Gasteiger partial charge on any atom is -0.391 e. The number of aliphatic hydroxyl groups excluding tert-OH is 1. The molecular formula is C21H32N2O2S. The van der Waals surface area contributed by atoms with Crippen molar-refractivity contribution in [2.24, 2.45) is 5.10 Å². The van der Waals surface area contributed by atoms with Crippen molar-refractivity contribution in [2.75, 3.05) is 13.2 Å². The molecule has 0 aliphatic carbocycles. The first-order valence-electron chi connectivity index (χ1n) is 9.05. The van der Waals surface area contributed by atoms with Crippen molar-refractivity contribution >= 4 is 24.4 Å². The Morgan fingerprint density at radius 1 is 1.27 bits per heavy atom. The van der Waals surface area contributed by atoms with Gasteiger partial charge in [-0.25, -0.2) is 5.01 Å². The van der Waals surface area contributed by atoms with Crippen LogP contribution >= 0.6 is 11.8 Å². The number of carbonyl (C=O) groups is 1. The van der Waals surface area contributed by atoms with E-state index in [1.807, 2.05) is 6.92 Å². The largest absolute Gasteiger partial charge is 0.391 e. The van der Waals surface area contributed by atoms with Crippen LogP contribution in [0, 0.1) is 0 Å². The molecule has 0 saturated carbocycles. The van der Waals surface area contributed by atoms with Gasteiger partial charge in [-0.1, -0.05) is 58.4 Å². The Bertz CT molecular complexity index is 630. The number of carbonyl (C=O) groups excluding carboxylic acids is 1. The van der Waals surface area contributed by atoms with E-state index in [2.05, 4.69) is 63.8 Å². The lowest BCUT2D eigenvalue weighted by Gasteiger charge is -2.19. The molecule has 4 nitrogen and oxygen atoms in total. The van der Waals surface area contributed by atoms with E-state index in [0.29, 0.717) is 12.1 Å². The minimum absolute atomic E-state index is 0.137. The van der Waals surface area contributed by atoms with Gasteiger partial charge in [-0.05, 0) is 34.8 Å². The summed E-state index contributed by atoms with van der Waals surface area (Å²) in [5, 5.41) is 14.8. The van der Waals surface area contributed by atoms with E-state index in [9.17, 15) is 9.90 Å². The molecule has 1 rings (SSSR count). The SMILES string of the molecule is C=NN(CCCC)C(=O)/C(CO)=C(\C)SCc1ccc(C(C)(C)C)cc1. The summed E-state index contributed by atoms with van der Waals surface area (Å²) in [6, 6.07) is 8.56. The third kappa shape index (κ3) is 6.61. The molecule has 0 aliphatic rings. The molecule has 0 unspecified atom stereocenters. The first-order valence-corrected chi connectivity index (χ1v) is 10.0. The van der Waals surface area contributed by atoms with Gasteiger partial charge in [-0.3, -0.25) is 4.79 Å². The monoisotopic (exact) mass is 376 g/mol. The maximum absolute atomic E-state index is 12.6. The fourth-order valence-electron chi connectivity index (χ4n) is 2.41. The zero-order valence-corrected chi connectivity index (χ0v) is 17.5. The van der Waals surface area contributed by atoms with Gasteiger partial charge >= 0.3 is 0 Å². The molecule has 1 amide bonds. The summed E-state index contributed by atoms with van der Waals surface area (Å²) in [7, 11) is 0. The minimum atomic E-state index is -0.293. The van der Waals surface area contributed by atoms with Crippen LogP contribution in [0.1, 0.15) is 58.6 Å². The lowest BCUT2D eigenvalue weighted by atomic mass is 9.87. The lowest BCUT2D eigenvalue weighted by Crippen LogP contribution is -2.29. The van der Waals surface area contributed by atoms with Crippen LogP contribution < -0.4 is 0 Å². The first-order chi connectivity index (χ1) is 12.2. The summed E-state index contributed by atoms with van der Waals surface area (Å²) >= 11 is 1.57. The van der Waals surface area contributed by atoms with Crippen molar-refractivity contribution in [3.63, 3.8) is 0 Å². The predicted octanol–water partition coefficient (Wildman–Crippen LogP) is 4.73. The van der Waals surface area contributed by atoms with Crippen molar-refractivity contribution in [3.05, 3.63) is 45.9 Å². The van der Waals surface area contributed by atoms with Crippen LogP contribution in [0.5, 0.6) is 0 Å². The number of thioether (sulfide) groups is 1. The van der Waals surface area contributed by atoms with Crippen molar-refractivity contribution < 1.29 is 9.90 Å². The Hall–Kier alpha value is -1.59. The molecular weight excluding hydrogens is 344 g/mol. The average molecular weight is 377 g/mol. The molecule has 1 aromatic rings. The molecule has 0 fully saturated rings. The topological polar surface area (TPSA) is 52.9 Å². The summed E-state index contributed by atoms with van der Waals surface area (Å²) in [6.07, 6.45) is 1.82. The van der Waals surface area contributed by atoms with E-state index >= 15 is 0 Å². The van der Waals surface area contributed by atoms with Crippen LogP contribution in [0.4, 0.5) is 0 Å². The van der Waals surface area contributed by atoms with Gasteiger partial charge in [0.05, 0.1) is 12.2 Å². The van der Waals surface area contributed by atoms with Gasteiger partial charge in [-0.15, -0.1) is 11.8 Å². The van der Waals surface area contributed by atoms with Crippen LogP contribution in [-0.2, 0) is 16.0 Å². The van der Waals surface area contributed by atoms with Crippen LogP contribution in [0.3, 0.4) is 0 Å². The molecule has 0 aromatic heterocycles. The summed E-state index contributed by atoms with van der Waals surface area (Å²) in [5.74, 6) is 0.493. The molecule has 144 valence electrons. The Morgan fingerprint density at radius 2 is 1.88 bits per heavy atom. The summed E-state index contributed by atoms with van der Waals surface area (Å²) in [4.78, 5) is 13.4. The zero-order valence-electron chi connectivity index (χ0n) is 16.7. The van der Waals surface area contributed by atoms with Crippen LogP contribution in [-0.4, -0.2) is 35.9 Å². The van der Waals surface area contributed by atoms with Gasteiger partial charge < -0.3 is 5.11 Å². The Labute approximate surface area is 162 Å². The Balaban J connectivity index is 2.82. The number of hydrogen-bond acceptors (Lipinski definition) is 4. The van der Waals surface area contributed by atoms with E-state index in [1.165, 1.54) is 16.1 Å². The van der Waals surface area contributed by atoms with Crippen LogP contribution in [0.2, 0.25) is 0 Å². The highest BCUT2D eigenvalue weighted by molar-refractivity contribution is 8.02. The van der Waals surface area contributed by atoms with Gasteiger partial charge in [0.1, 0.15) is 0 Å². The third-order valence-corrected chi connectivity index (χ3v) is 5.40. The molecule has 0 bridgehead atoms. The number of benzene rings is 1. The molecule has 0 radical (unpaired) electrons. The van der Waals surface area contributed by atoms with Crippen LogP contribution in [0.25, 0.3) is 0 Å². The predicted molar refractivity (Wildman–Crippen MR) is 112 cm³/mol. The fourth-order valence-corrected chi connectivity index (χ4v) is 3.31. The highest BCUT2D eigenvalue weighted by atomic mass is 32.2. The van der Waals surface area contributed by atoms with Crippen molar-refractivity contribution in [1.82, 2.24) is 5.01 Å². The summed E-state index contributed by atoms with van der Waals surface area (Å²) in [5.41, 5.74) is 3.02. The lowest BCUT2D eigenvalue weighted by molar-refractivity contribution is -0.127. The number of unbranched alkanes of at least 4 members (excludes halogenated alkanes) is 1. The maximum Gasteiger partial charge on any atom is 0.272 e. The molecule has 1 N–H and O–H groups in total. The molecule has 0 aliphatic heterocycles. The number of hydrazone groups is 1. The molecule has 1 aromatic carbocycles. The van der Waals surface area contributed by atoms with Gasteiger partial charge in [0, 0.05) is 19.0 Å². The number of rotatable bonds is 9. The number of nitrogens with zero attached hydrogens (tertiary/aromatic N) is 2. The molecule has 0 saturated heterocycles. The first kappa shape index (κ1) is 22.5. The average Bonchev–Trinajstić information content (AvgIpc) is 2.61. The third-order valence-electron chi connectivity index (χ3n) is 4.25. The standard InChI is InChI=1S/C21H32N2O2S/c1-7-8-13-23(22-6)20(25)19(14-24)16(2)26-15-17-9-11-18(12-10-17)21(3,4)5/h9-12,24H,6-8,13-15H2,1-5H3/b19-16+. The molecule has 0 heterocycles. The van der Waals surface area contributed by atoms with Crippen molar-refractivity contribution in [3.8, 4) is 0 Å². The number of aliphatic hydroxyl groups is 1. The zero-order chi connectivity index (χ0) is 19.7. The van der Waals surface area contributed by atoms with Gasteiger partial charge in [-0.2, -0.15) is 5.10 Å². The smallest absolute Gasteiger partial charge is 0.272 e. The van der Waals surface area contributed by atoms with E-state index < -0.39 is 0 Å². The van der Waals surface area contributed by atoms with Crippen molar-refractivity contribution in [2.45, 2.75) is 58.6 Å². The number of amides is 1. The number of hydrogen-bond donors (Lipinski definition) is 1. The molecule has 26 heavy (non-hydrogen) atoms. The molecule has 0 atom stereocenters. The Kier molecular flexibility index (Phi) is 9.09. The molecule has 5 heteroatoms. The second kappa shape index (κ2) is 10.5. The summed E-state index contributed by atoms with van der Waals surface area (Å²) < 4.78 is 0. The molecule has 0 spiro atoms. The fraction of sp³-hybridized carbons (Fsp3) is 0.524. The number of allylic oxidation sites excluding steroid dienone is 1. The van der Waals surface area contributed by atoms with E-state index in [-0.39, 0.29) is 17.9 Å². The van der Waals surface area contributed by atoms with E-state index in [4.69, 9.17) is 0 Å². The summed E-state index contributed by atoms with van der Waals surface area (Å²) in [6.45, 7) is 14.2. The van der Waals surface area contributed by atoms with Crippen molar-refractivity contribution in [1.29, 1.82) is 0 Å². The highest BCUT2D eigenvalue weighted by Gasteiger charge is 2.19. The van der Waals surface area contributed by atoms with Gasteiger partial charge in [0.25, 0.3) is 5.91 Å². The van der Waals surface area contributed by atoms with Gasteiger partial charge in [0.15, 0.2) is 0 Å². The van der Waals surface area contributed by atoms with Crippen LogP contribution in [0.15, 0.2) is 39.8 Å². The quantitative estimate of drug-likeness (QED) is 0.385. The highest BCUT2D eigenvalue weighted by Crippen LogP contribution is 2.27. The van der Waals surface area contributed by atoms with Gasteiger partial charge in [0.2, 0.25) is 0 Å². The Morgan fingerprint density at radius 3 is 2.35 bits per heavy atom. The second-order valence-electron chi connectivity index (χ2n) is 7.35. The second-order valence-corrected chi connectivity index (χ2v) is 8.54. The maximum atomic E-state index is 12.6. The normalized spacial score (nSPS) is 12.5. The van der Waals surface area contributed by atoms with E-state index in [0.717, 1.165) is 23.5 Å².